The fraction of sp³-hybridized carbons (Fsp3) is 0.400. The highest BCUT2D eigenvalue weighted by Gasteiger charge is 2.34. The number of carbonyl (C=O) groups is 2. The number of fused-ring (bicyclic) bond motifs is 1. The van der Waals surface area contributed by atoms with Gasteiger partial charge in [-0.3, -0.25) is 9.59 Å². The van der Waals surface area contributed by atoms with E-state index in [4.69, 9.17) is 11.6 Å². The first-order valence-corrected chi connectivity index (χ1v) is 9.49. The van der Waals surface area contributed by atoms with Crippen molar-refractivity contribution < 1.29 is 9.59 Å². The molecule has 1 fully saturated rings. The molecule has 0 radical (unpaired) electrons. The zero-order chi connectivity index (χ0) is 18.1. The zero-order valence-electron chi connectivity index (χ0n) is 14.6. The summed E-state index contributed by atoms with van der Waals surface area (Å²) in [5.74, 6) is -0.189. The molecule has 0 unspecified atom stereocenters. The molecule has 1 aromatic carbocycles. The lowest BCUT2D eigenvalue weighted by Gasteiger charge is -2.38. The quantitative estimate of drug-likeness (QED) is 0.778. The van der Waals surface area contributed by atoms with Gasteiger partial charge in [0, 0.05) is 43.1 Å². The molecule has 4 rings (SSSR count). The molecule has 0 spiro atoms. The van der Waals surface area contributed by atoms with Crippen molar-refractivity contribution in [3.63, 3.8) is 0 Å². The number of nitrogens with zero attached hydrogens (tertiary/aromatic N) is 3. The summed E-state index contributed by atoms with van der Waals surface area (Å²) in [5, 5.41) is 0.635. The predicted molar refractivity (Wildman–Crippen MR) is 99.9 cm³/mol. The van der Waals surface area contributed by atoms with Crippen molar-refractivity contribution in [1.82, 2.24) is 14.4 Å². The van der Waals surface area contributed by atoms with Gasteiger partial charge in [0.05, 0.1) is 6.04 Å². The van der Waals surface area contributed by atoms with Gasteiger partial charge in [0.2, 0.25) is 11.8 Å². The van der Waals surface area contributed by atoms with Crippen LogP contribution in [-0.2, 0) is 16.1 Å². The lowest BCUT2D eigenvalue weighted by molar-refractivity contribution is -0.141. The molecule has 1 atom stereocenters. The Labute approximate surface area is 158 Å². The van der Waals surface area contributed by atoms with Crippen LogP contribution in [0, 0.1) is 0 Å². The summed E-state index contributed by atoms with van der Waals surface area (Å²) in [4.78, 5) is 29.1. The van der Waals surface area contributed by atoms with Gasteiger partial charge in [-0.25, -0.2) is 0 Å². The van der Waals surface area contributed by atoms with E-state index in [0.29, 0.717) is 11.6 Å². The van der Waals surface area contributed by atoms with Gasteiger partial charge < -0.3 is 14.4 Å². The molecular weight excluding hydrogens is 350 g/mol. The molecule has 5 nitrogen and oxygen atoms in total. The van der Waals surface area contributed by atoms with Crippen LogP contribution >= 0.6 is 11.6 Å². The second-order valence-corrected chi connectivity index (χ2v) is 7.31. The Morgan fingerprint density at radius 2 is 1.73 bits per heavy atom. The summed E-state index contributed by atoms with van der Waals surface area (Å²) >= 11 is 6.45. The van der Waals surface area contributed by atoms with Crippen molar-refractivity contribution in [1.29, 1.82) is 0 Å². The number of hydrogen-bond acceptors (Lipinski definition) is 2. The molecule has 6 heteroatoms. The van der Waals surface area contributed by atoms with Crippen molar-refractivity contribution in [3.05, 3.63) is 58.9 Å². The Balaban J connectivity index is 1.62. The highest BCUT2D eigenvalue weighted by molar-refractivity contribution is 6.31. The molecule has 0 bridgehead atoms. The lowest BCUT2D eigenvalue weighted by Crippen LogP contribution is -2.44. The van der Waals surface area contributed by atoms with E-state index in [-0.39, 0.29) is 24.3 Å². The Morgan fingerprint density at radius 3 is 2.50 bits per heavy atom. The summed E-state index contributed by atoms with van der Waals surface area (Å²) in [6.07, 6.45) is 4.01. The molecule has 1 saturated heterocycles. The number of hydrogen-bond donors (Lipinski definition) is 0. The van der Waals surface area contributed by atoms with Crippen molar-refractivity contribution in [2.75, 3.05) is 19.6 Å². The zero-order valence-corrected chi connectivity index (χ0v) is 15.4. The molecule has 0 aliphatic carbocycles. The summed E-state index contributed by atoms with van der Waals surface area (Å²) in [6.45, 7) is 2.84. The van der Waals surface area contributed by atoms with Crippen LogP contribution in [0.15, 0.2) is 42.6 Å². The monoisotopic (exact) mass is 371 g/mol. The molecule has 0 N–H and O–H groups in total. The van der Waals surface area contributed by atoms with E-state index in [1.54, 1.807) is 4.90 Å². The minimum atomic E-state index is -0.258. The third kappa shape index (κ3) is 3.12. The third-order valence-corrected chi connectivity index (χ3v) is 5.66. The van der Waals surface area contributed by atoms with Gasteiger partial charge in [0.25, 0.3) is 0 Å². The van der Waals surface area contributed by atoms with Gasteiger partial charge in [-0.05, 0) is 36.6 Å². The molecule has 26 heavy (non-hydrogen) atoms. The number of amides is 2. The van der Waals surface area contributed by atoms with Crippen LogP contribution in [0.1, 0.15) is 36.6 Å². The standard InChI is InChI=1S/C20H22ClN3O2/c21-16-7-2-1-6-15(16)20-17-8-5-11-22(17)12-13-24(20)19(26)14-18(25)23-9-3-4-10-23/h1-2,5-8,11,20H,3-4,9-10,12-14H2/t20-/m1/s1. The average molecular weight is 372 g/mol. The van der Waals surface area contributed by atoms with Crippen LogP contribution < -0.4 is 0 Å². The minimum Gasteiger partial charge on any atom is -0.348 e. The second kappa shape index (κ2) is 7.16. The Kier molecular flexibility index (Phi) is 4.72. The molecular formula is C20H22ClN3O2. The Bertz CT molecular complexity index is 826. The van der Waals surface area contributed by atoms with Crippen molar-refractivity contribution in [2.24, 2.45) is 0 Å². The number of carbonyl (C=O) groups excluding carboxylic acids is 2. The Morgan fingerprint density at radius 1 is 0.962 bits per heavy atom. The van der Waals surface area contributed by atoms with Crippen molar-refractivity contribution in [2.45, 2.75) is 31.8 Å². The van der Waals surface area contributed by atoms with E-state index in [1.807, 2.05) is 47.5 Å². The smallest absolute Gasteiger partial charge is 0.232 e. The maximum atomic E-state index is 13.0. The van der Waals surface area contributed by atoms with Crippen LogP contribution in [0.25, 0.3) is 0 Å². The van der Waals surface area contributed by atoms with Gasteiger partial charge in [0.1, 0.15) is 6.42 Å². The number of aromatic nitrogens is 1. The number of likely N-dealkylation sites (tertiary alicyclic amines) is 1. The maximum absolute atomic E-state index is 13.0. The highest BCUT2D eigenvalue weighted by atomic mass is 35.5. The first-order chi connectivity index (χ1) is 12.6. The molecule has 2 aliphatic rings. The molecule has 3 heterocycles. The van der Waals surface area contributed by atoms with Gasteiger partial charge in [-0.1, -0.05) is 29.8 Å². The molecule has 1 aromatic heterocycles. The van der Waals surface area contributed by atoms with E-state index in [2.05, 4.69) is 4.57 Å². The van der Waals surface area contributed by atoms with E-state index < -0.39 is 0 Å². The van der Waals surface area contributed by atoms with Gasteiger partial charge in [-0.15, -0.1) is 0 Å². The minimum absolute atomic E-state index is 0.0636. The van der Waals surface area contributed by atoms with Crippen LogP contribution in [0.2, 0.25) is 5.02 Å². The SMILES string of the molecule is O=C(CC(=O)N1CCn2cccc2[C@H]1c1ccccc1Cl)N1CCCC1. The maximum Gasteiger partial charge on any atom is 0.232 e. The van der Waals surface area contributed by atoms with Crippen LogP contribution in [0.4, 0.5) is 0 Å². The molecule has 0 saturated carbocycles. The first kappa shape index (κ1) is 17.2. The fourth-order valence-electron chi connectivity index (χ4n) is 3.99. The topological polar surface area (TPSA) is 45.6 Å². The molecule has 136 valence electrons. The lowest BCUT2D eigenvalue weighted by atomic mass is 9.99. The highest BCUT2D eigenvalue weighted by Crippen LogP contribution is 2.36. The Hall–Kier alpha value is -2.27. The van der Waals surface area contributed by atoms with Crippen LogP contribution in [0.3, 0.4) is 0 Å². The molecule has 2 amide bonds. The summed E-state index contributed by atoms with van der Waals surface area (Å²) < 4.78 is 2.15. The van der Waals surface area contributed by atoms with Gasteiger partial charge >= 0.3 is 0 Å². The predicted octanol–water partition coefficient (Wildman–Crippen LogP) is 3.09. The van der Waals surface area contributed by atoms with E-state index in [0.717, 1.165) is 43.7 Å². The number of benzene rings is 1. The summed E-state index contributed by atoms with van der Waals surface area (Å²) in [6, 6.07) is 11.4. The van der Waals surface area contributed by atoms with Gasteiger partial charge in [-0.2, -0.15) is 0 Å². The van der Waals surface area contributed by atoms with E-state index in [9.17, 15) is 9.59 Å². The van der Waals surface area contributed by atoms with E-state index >= 15 is 0 Å². The molecule has 2 aromatic rings. The van der Waals surface area contributed by atoms with E-state index in [1.165, 1.54) is 0 Å². The number of rotatable bonds is 3. The van der Waals surface area contributed by atoms with Crippen LogP contribution in [-0.4, -0.2) is 45.8 Å². The van der Waals surface area contributed by atoms with Crippen molar-refractivity contribution in [3.8, 4) is 0 Å². The second-order valence-electron chi connectivity index (χ2n) is 6.90. The third-order valence-electron chi connectivity index (χ3n) is 5.32. The summed E-state index contributed by atoms with van der Waals surface area (Å²) in [7, 11) is 0. The largest absolute Gasteiger partial charge is 0.348 e. The average Bonchev–Trinajstić information content (AvgIpc) is 3.33. The summed E-state index contributed by atoms with van der Waals surface area (Å²) in [5.41, 5.74) is 1.93. The fourth-order valence-corrected chi connectivity index (χ4v) is 4.22. The number of halogens is 1. The molecule has 2 aliphatic heterocycles. The first-order valence-electron chi connectivity index (χ1n) is 9.12. The van der Waals surface area contributed by atoms with Crippen molar-refractivity contribution >= 4 is 23.4 Å². The van der Waals surface area contributed by atoms with Gasteiger partial charge in [0.15, 0.2) is 0 Å². The van der Waals surface area contributed by atoms with Crippen LogP contribution in [0.5, 0.6) is 0 Å². The normalized spacial score (nSPS) is 19.5.